The number of anilines is 3. The van der Waals surface area contributed by atoms with Gasteiger partial charge in [-0.2, -0.15) is 0 Å². The van der Waals surface area contributed by atoms with E-state index < -0.39 is 0 Å². The molecule has 30 heavy (non-hydrogen) atoms. The van der Waals surface area contributed by atoms with E-state index in [4.69, 9.17) is 9.47 Å². The zero-order valence-corrected chi connectivity index (χ0v) is 16.0. The highest BCUT2D eigenvalue weighted by Crippen LogP contribution is 2.32. The van der Waals surface area contributed by atoms with Crippen molar-refractivity contribution in [2.75, 3.05) is 30.5 Å². The van der Waals surface area contributed by atoms with Crippen LogP contribution in [0.2, 0.25) is 0 Å². The minimum Gasteiger partial charge on any atom is -0.454 e. The van der Waals surface area contributed by atoms with Crippen LogP contribution in [0.25, 0.3) is 6.08 Å². The summed E-state index contributed by atoms with van der Waals surface area (Å²) in [6.45, 7) is 1.18. The van der Waals surface area contributed by atoms with Crippen LogP contribution >= 0.6 is 0 Å². The molecule has 9 nitrogen and oxygen atoms in total. The Morgan fingerprint density at radius 1 is 0.967 bits per heavy atom. The van der Waals surface area contributed by atoms with Gasteiger partial charge in [0.1, 0.15) is 23.8 Å². The molecule has 0 bridgehead atoms. The van der Waals surface area contributed by atoms with Crippen molar-refractivity contribution in [3.8, 4) is 11.5 Å². The van der Waals surface area contributed by atoms with Crippen molar-refractivity contribution in [3.63, 3.8) is 0 Å². The van der Waals surface area contributed by atoms with Crippen LogP contribution in [0.1, 0.15) is 5.56 Å². The van der Waals surface area contributed by atoms with Gasteiger partial charge < -0.3 is 25.4 Å². The van der Waals surface area contributed by atoms with E-state index in [0.717, 1.165) is 5.56 Å². The van der Waals surface area contributed by atoms with Crippen molar-refractivity contribution in [3.05, 3.63) is 66.6 Å². The molecule has 3 heterocycles. The van der Waals surface area contributed by atoms with Gasteiger partial charge in [0.15, 0.2) is 11.5 Å². The molecule has 1 aliphatic heterocycles. The molecule has 1 aromatic carbocycles. The molecule has 9 heteroatoms. The first kappa shape index (κ1) is 19.2. The quantitative estimate of drug-likeness (QED) is 0.388. The predicted molar refractivity (Wildman–Crippen MR) is 113 cm³/mol. The van der Waals surface area contributed by atoms with Crippen molar-refractivity contribution in [1.29, 1.82) is 0 Å². The van der Waals surface area contributed by atoms with E-state index in [2.05, 4.69) is 30.9 Å². The van der Waals surface area contributed by atoms with Crippen LogP contribution < -0.4 is 25.4 Å². The highest BCUT2D eigenvalue weighted by Gasteiger charge is 2.12. The van der Waals surface area contributed by atoms with Crippen LogP contribution in [-0.4, -0.2) is 40.7 Å². The molecule has 152 valence electrons. The Balaban J connectivity index is 1.21. The largest absolute Gasteiger partial charge is 0.454 e. The van der Waals surface area contributed by atoms with Crippen molar-refractivity contribution in [1.82, 2.24) is 20.3 Å². The van der Waals surface area contributed by atoms with Crippen LogP contribution in [0, 0.1) is 0 Å². The van der Waals surface area contributed by atoms with Gasteiger partial charge in [-0.1, -0.05) is 12.1 Å². The van der Waals surface area contributed by atoms with Gasteiger partial charge in [-0.25, -0.2) is 15.0 Å². The number of aromatic nitrogens is 3. The van der Waals surface area contributed by atoms with Crippen molar-refractivity contribution in [2.45, 2.75) is 0 Å². The fourth-order valence-corrected chi connectivity index (χ4v) is 2.71. The molecule has 0 radical (unpaired) electrons. The van der Waals surface area contributed by atoms with Crippen molar-refractivity contribution >= 4 is 29.4 Å². The highest BCUT2D eigenvalue weighted by atomic mass is 16.7. The van der Waals surface area contributed by atoms with Crippen LogP contribution in [0.4, 0.5) is 17.5 Å². The fourth-order valence-electron chi connectivity index (χ4n) is 2.71. The zero-order valence-electron chi connectivity index (χ0n) is 16.0. The number of nitrogens with one attached hydrogen (secondary N) is 3. The number of nitrogens with zero attached hydrogens (tertiary/aromatic N) is 3. The van der Waals surface area contributed by atoms with E-state index >= 15 is 0 Å². The van der Waals surface area contributed by atoms with Gasteiger partial charge in [0.2, 0.25) is 12.7 Å². The lowest BCUT2D eigenvalue weighted by Gasteiger charge is -2.08. The Morgan fingerprint density at radius 3 is 2.77 bits per heavy atom. The van der Waals surface area contributed by atoms with Crippen LogP contribution in [0.15, 0.2) is 61.1 Å². The lowest BCUT2D eigenvalue weighted by molar-refractivity contribution is -0.116. The van der Waals surface area contributed by atoms with E-state index in [9.17, 15) is 4.79 Å². The normalized spacial score (nSPS) is 12.0. The minimum absolute atomic E-state index is 0.185. The first-order valence-electron chi connectivity index (χ1n) is 9.36. The van der Waals surface area contributed by atoms with E-state index in [0.29, 0.717) is 42.0 Å². The molecule has 2 aromatic heterocycles. The second-order valence-corrected chi connectivity index (χ2v) is 6.29. The van der Waals surface area contributed by atoms with Gasteiger partial charge in [0.05, 0.1) is 0 Å². The summed E-state index contributed by atoms with van der Waals surface area (Å²) in [6, 6.07) is 12.9. The van der Waals surface area contributed by atoms with E-state index in [1.54, 1.807) is 18.3 Å². The second kappa shape index (κ2) is 9.37. The Labute approximate surface area is 173 Å². The summed E-state index contributed by atoms with van der Waals surface area (Å²) >= 11 is 0. The summed E-state index contributed by atoms with van der Waals surface area (Å²) in [5.74, 6) is 3.18. The van der Waals surface area contributed by atoms with E-state index in [-0.39, 0.29) is 12.7 Å². The number of rotatable bonds is 8. The summed E-state index contributed by atoms with van der Waals surface area (Å²) in [4.78, 5) is 24.5. The lowest BCUT2D eigenvalue weighted by Crippen LogP contribution is -2.27. The molecule has 0 atom stereocenters. The SMILES string of the molecule is O=C(/C=C/c1ccc2c(c1)OCO2)NCCNc1cc(Nc2ccccn2)ncn1. The Hall–Kier alpha value is -4.14. The first-order valence-corrected chi connectivity index (χ1v) is 9.36. The average molecular weight is 404 g/mol. The third-order valence-electron chi connectivity index (χ3n) is 4.14. The zero-order chi connectivity index (χ0) is 20.6. The molecule has 1 aliphatic rings. The molecule has 3 N–H and O–H groups in total. The number of benzene rings is 1. The molecule has 0 fully saturated rings. The molecular weight excluding hydrogens is 384 g/mol. The van der Waals surface area contributed by atoms with Gasteiger partial charge in [-0.15, -0.1) is 0 Å². The number of carbonyl (C=O) groups excluding carboxylic acids is 1. The maximum atomic E-state index is 12.0. The Morgan fingerprint density at radius 2 is 1.87 bits per heavy atom. The minimum atomic E-state index is -0.185. The van der Waals surface area contributed by atoms with Crippen molar-refractivity contribution < 1.29 is 14.3 Å². The maximum Gasteiger partial charge on any atom is 0.244 e. The number of pyridine rings is 1. The smallest absolute Gasteiger partial charge is 0.244 e. The standard InChI is InChI=1S/C21H20N6O3/c28-21(7-5-15-4-6-16-17(11-15)30-14-29-16)24-10-9-23-19-12-20(26-13-25-19)27-18-3-1-2-8-22-18/h1-8,11-13H,9-10,14H2,(H,24,28)(H2,22,23,25,26,27)/b7-5+. The summed E-state index contributed by atoms with van der Waals surface area (Å²) in [6.07, 6.45) is 6.37. The van der Waals surface area contributed by atoms with Gasteiger partial charge in [0.25, 0.3) is 0 Å². The number of fused-ring (bicyclic) bond motifs is 1. The van der Waals surface area contributed by atoms with Crippen LogP contribution in [0.3, 0.4) is 0 Å². The summed E-state index contributed by atoms with van der Waals surface area (Å²) < 4.78 is 10.6. The number of carbonyl (C=O) groups is 1. The van der Waals surface area contributed by atoms with Gasteiger partial charge in [-0.05, 0) is 35.9 Å². The monoisotopic (exact) mass is 404 g/mol. The fraction of sp³-hybridized carbons (Fsp3) is 0.143. The van der Waals surface area contributed by atoms with Crippen LogP contribution in [-0.2, 0) is 4.79 Å². The van der Waals surface area contributed by atoms with Crippen molar-refractivity contribution in [2.24, 2.45) is 0 Å². The van der Waals surface area contributed by atoms with E-state index in [1.165, 1.54) is 12.4 Å². The van der Waals surface area contributed by atoms with Gasteiger partial charge >= 0.3 is 0 Å². The van der Waals surface area contributed by atoms with Gasteiger partial charge in [-0.3, -0.25) is 4.79 Å². The molecule has 4 rings (SSSR count). The number of hydrogen-bond donors (Lipinski definition) is 3. The highest BCUT2D eigenvalue weighted by molar-refractivity contribution is 5.91. The molecule has 0 saturated heterocycles. The molecule has 0 unspecified atom stereocenters. The summed E-state index contributed by atoms with van der Waals surface area (Å²) in [5.41, 5.74) is 0.862. The second-order valence-electron chi connectivity index (χ2n) is 6.29. The number of ether oxygens (including phenoxy) is 2. The molecule has 0 spiro atoms. The number of hydrogen-bond acceptors (Lipinski definition) is 8. The van der Waals surface area contributed by atoms with Gasteiger partial charge in [0, 0.05) is 31.4 Å². The molecule has 1 amide bonds. The number of amides is 1. The topological polar surface area (TPSA) is 110 Å². The average Bonchev–Trinajstić information content (AvgIpc) is 3.24. The third-order valence-corrected chi connectivity index (χ3v) is 4.14. The third kappa shape index (κ3) is 5.22. The first-order chi connectivity index (χ1) is 14.8. The summed E-state index contributed by atoms with van der Waals surface area (Å²) in [7, 11) is 0. The Bertz CT molecular complexity index is 1040. The molecule has 0 aliphatic carbocycles. The van der Waals surface area contributed by atoms with E-state index in [1.807, 2.05) is 36.4 Å². The molecule has 0 saturated carbocycles. The Kier molecular flexibility index (Phi) is 5.99. The van der Waals surface area contributed by atoms with Crippen LogP contribution in [0.5, 0.6) is 11.5 Å². The lowest BCUT2D eigenvalue weighted by atomic mass is 10.2. The molecule has 3 aromatic rings. The predicted octanol–water partition coefficient (Wildman–Crippen LogP) is 2.59. The molecular formula is C21H20N6O3. The summed E-state index contributed by atoms with van der Waals surface area (Å²) in [5, 5.41) is 9.07. The maximum absolute atomic E-state index is 12.0.